The standard InChI is InChI=1S/C48H32N10O26S9.2H2O/c49-41-39-25(19-35(87-81-79-61)43(47(39)59)55-51-27-7-11-31(12-8-27)85-17-15-77-83-92(71,72)73)21-37(90(65,66)67)45(41)57-53-29-3-1-5-33(23-29)89(63,64)34-6-2-4-30(24-34)54-58-46-38(91(68,69)70)22-26-20-36(88-82-80-62)44(48(60)40(26)42(46)50)56-52-28-9-13-32(14-10-28)86-18-16-78-84-93(74,75)76;;/h1-14,19-24,59-62H,49-50H2,(H,65,66,67)(H,68,69,70)(H,71,72,73)(H,74,75,76);2*1H2. The highest BCUT2D eigenvalue weighted by molar-refractivity contribution is 8.04. The normalized spacial score (nSPS) is 12.2. The Balaban J connectivity index is 0.00000714. The minimum absolute atomic E-state index is 0. The zero-order chi connectivity index (χ0) is 67.5. The zero-order valence-electron chi connectivity index (χ0n) is 45.9. The van der Waals surface area contributed by atoms with Crippen molar-refractivity contribution in [1.29, 1.82) is 0 Å². The highest BCUT2D eigenvalue weighted by atomic mass is 32.3. The molecular formula is C48H36N10O28S9. The molecule has 0 amide bonds. The van der Waals surface area contributed by atoms with Crippen molar-refractivity contribution >= 4 is 177 Å². The Kier molecular flexibility index (Phi) is 25.4. The molecule has 8 rings (SSSR count). The first-order valence-corrected chi connectivity index (χ1v) is 34.0. The van der Waals surface area contributed by atoms with E-state index in [0.717, 1.165) is 72.1 Å². The maximum absolute atomic E-state index is 14.2. The number of hydrogen-bond acceptors (Lipinski definition) is 36. The number of nitrogens with two attached hydrogens (primary N) is 2. The van der Waals surface area contributed by atoms with Crippen molar-refractivity contribution in [2.24, 2.45) is 40.9 Å². The predicted molar refractivity (Wildman–Crippen MR) is 331 cm³/mol. The lowest BCUT2D eigenvalue weighted by molar-refractivity contribution is -0.432. The Morgan fingerprint density at radius 3 is 1.12 bits per heavy atom. The van der Waals surface area contributed by atoms with E-state index in [1.807, 2.05) is 12.2 Å². The van der Waals surface area contributed by atoms with Gasteiger partial charge in [-0.05, 0) is 152 Å². The van der Waals surface area contributed by atoms with Gasteiger partial charge in [0.1, 0.15) is 32.5 Å². The number of benzene rings is 8. The van der Waals surface area contributed by atoms with Crippen LogP contribution in [0.1, 0.15) is 0 Å². The molecule has 0 bridgehead atoms. The summed E-state index contributed by atoms with van der Waals surface area (Å²) in [7, 11) is -24.9. The van der Waals surface area contributed by atoms with Crippen LogP contribution >= 0.6 is 47.6 Å². The van der Waals surface area contributed by atoms with Gasteiger partial charge < -0.3 is 32.6 Å². The van der Waals surface area contributed by atoms with Crippen molar-refractivity contribution in [2.45, 2.75) is 39.2 Å². The van der Waals surface area contributed by atoms with Crippen molar-refractivity contribution in [3.8, 4) is 34.2 Å². The fourth-order valence-electron chi connectivity index (χ4n) is 7.51. The Bertz CT molecular complexity index is 4800. The summed E-state index contributed by atoms with van der Waals surface area (Å²) in [6.45, 7) is 0. The van der Waals surface area contributed by atoms with Crippen LogP contribution in [-0.2, 0) is 88.1 Å². The number of anilines is 2. The Morgan fingerprint density at radius 1 is 0.432 bits per heavy atom. The number of sulfone groups is 1. The molecule has 0 unspecified atom stereocenters. The van der Waals surface area contributed by atoms with Gasteiger partial charge in [0, 0.05) is 20.3 Å². The van der Waals surface area contributed by atoms with Gasteiger partial charge in [-0.25, -0.2) is 18.9 Å². The van der Waals surface area contributed by atoms with Crippen molar-refractivity contribution in [2.75, 3.05) is 11.5 Å². The number of nitrogens with zero attached hydrogens (tertiary/aromatic N) is 8. The van der Waals surface area contributed by atoms with Crippen LogP contribution in [0.15, 0.2) is 201 Å². The van der Waals surface area contributed by atoms with Crippen LogP contribution in [0.4, 0.5) is 56.9 Å². The summed E-state index contributed by atoms with van der Waals surface area (Å²) < 4.78 is 176. The number of phenols is 2. The molecule has 500 valence electrons. The summed E-state index contributed by atoms with van der Waals surface area (Å²) in [4.78, 5) is 5.83. The third-order valence-electron chi connectivity index (χ3n) is 11.2. The number of azo groups is 4. The highest BCUT2D eigenvalue weighted by Crippen LogP contribution is 2.52. The minimum atomic E-state index is -5.25. The first-order valence-electron chi connectivity index (χ1n) is 23.8. The van der Waals surface area contributed by atoms with Crippen LogP contribution in [0, 0.1) is 22.7 Å². The van der Waals surface area contributed by atoms with Gasteiger partial charge in [0.05, 0.1) is 88.6 Å². The van der Waals surface area contributed by atoms with Crippen LogP contribution in [0.25, 0.3) is 21.5 Å². The molecule has 0 aromatic heterocycles. The zero-order valence-corrected chi connectivity index (χ0v) is 53.2. The molecule has 47 heteroatoms. The number of rotatable bonds is 24. The fraction of sp³-hybridized carbons (Fsp3) is 0. The van der Waals surface area contributed by atoms with Crippen LogP contribution in [-0.4, -0.2) is 92.0 Å². The molecule has 0 aliphatic heterocycles. The SMILES string of the molecule is Nc1c(N=Nc2cccc(S(=O)(=O)c3cccc(N=Nc4c(S(=O)(=O)O)cc5cc(SOOO)c(N=Nc6ccc(SC#COOS(=O)(=O)O)cc6)c(O)c5c4N)c3)c2)c(S(=O)(=O)O)cc2cc(SOOO)c(N=Nc3ccc(SC#COOS(=O)(=O)O)cc3)c(O)c12.O.O. The molecule has 8 aromatic rings. The number of aromatic hydroxyl groups is 2. The van der Waals surface area contributed by atoms with E-state index in [-0.39, 0.29) is 89.1 Å². The first-order chi connectivity index (χ1) is 43.9. The van der Waals surface area contributed by atoms with E-state index in [9.17, 15) is 61.4 Å². The average Bonchev–Trinajstić information content (AvgIpc) is 0.757. The second-order valence-electron chi connectivity index (χ2n) is 17.1. The smallest absolute Gasteiger partial charge is 0.433 e. The number of nitrogen functional groups attached to an aromatic ring is 2. The average molecular weight is 1490 g/mol. The number of hydrogen-bond donors (Lipinski definition) is 10. The van der Waals surface area contributed by atoms with Gasteiger partial charge in [0.25, 0.3) is 20.2 Å². The van der Waals surface area contributed by atoms with Gasteiger partial charge in [0.2, 0.25) is 9.84 Å². The van der Waals surface area contributed by atoms with E-state index in [2.05, 4.69) is 88.6 Å². The first kappa shape index (κ1) is 75.2. The molecular weight excluding hydrogens is 1450 g/mol. The molecule has 0 saturated heterocycles. The van der Waals surface area contributed by atoms with E-state index >= 15 is 0 Å². The van der Waals surface area contributed by atoms with E-state index in [4.69, 9.17) is 31.1 Å². The fourth-order valence-corrected chi connectivity index (χ4v) is 12.4. The maximum Gasteiger partial charge on any atom is 0.433 e. The van der Waals surface area contributed by atoms with E-state index in [1.165, 1.54) is 72.8 Å². The van der Waals surface area contributed by atoms with Crippen molar-refractivity contribution in [1.82, 2.24) is 0 Å². The number of phenolic OH excluding ortho intramolecular Hbond substituents is 2. The van der Waals surface area contributed by atoms with Crippen molar-refractivity contribution in [3.05, 3.63) is 121 Å². The summed E-state index contributed by atoms with van der Waals surface area (Å²) in [5, 5.41) is 84.3. The summed E-state index contributed by atoms with van der Waals surface area (Å²) in [5.41, 5.74) is 9.10. The molecule has 0 radical (unpaired) electrons. The third-order valence-corrected chi connectivity index (χ3v) is 17.8. The predicted octanol–water partition coefficient (Wildman–Crippen LogP) is 10.3. The molecule has 0 aliphatic carbocycles. The van der Waals surface area contributed by atoms with Gasteiger partial charge in [0.15, 0.2) is 23.7 Å². The van der Waals surface area contributed by atoms with Crippen LogP contribution < -0.4 is 11.5 Å². The van der Waals surface area contributed by atoms with Gasteiger partial charge in [-0.3, -0.25) is 28.0 Å². The second kappa shape index (κ2) is 32.1. The van der Waals surface area contributed by atoms with E-state index in [0.29, 0.717) is 9.79 Å². The summed E-state index contributed by atoms with van der Waals surface area (Å²) in [6, 6.07) is 24.8. The number of thioether (sulfide) groups is 2. The second-order valence-corrected chi connectivity index (χ2v) is 27.0. The maximum atomic E-state index is 14.2. The van der Waals surface area contributed by atoms with Crippen molar-refractivity contribution in [3.63, 3.8) is 0 Å². The van der Waals surface area contributed by atoms with Crippen LogP contribution in [0.2, 0.25) is 0 Å². The molecule has 0 heterocycles. The minimum Gasteiger partial charge on any atom is -0.505 e. The largest absolute Gasteiger partial charge is 0.505 e. The van der Waals surface area contributed by atoms with E-state index < -0.39 is 116 Å². The number of fused-ring (bicyclic) bond motifs is 2. The monoisotopic (exact) mass is 1490 g/mol. The summed E-state index contributed by atoms with van der Waals surface area (Å²) >= 11 is 2.20. The lowest BCUT2D eigenvalue weighted by Gasteiger charge is -2.14. The molecule has 95 heavy (non-hydrogen) atoms. The van der Waals surface area contributed by atoms with Gasteiger partial charge in [-0.15, -0.1) is 29.1 Å². The topological polar surface area (TPSA) is 620 Å². The molecule has 38 nitrogen and oxygen atoms in total. The lowest BCUT2D eigenvalue weighted by atomic mass is 10.1. The highest BCUT2D eigenvalue weighted by Gasteiger charge is 2.28. The third kappa shape index (κ3) is 19.7. The Morgan fingerprint density at radius 2 is 0.779 bits per heavy atom. The van der Waals surface area contributed by atoms with Gasteiger partial charge in [-0.2, -0.15) is 54.1 Å². The quantitative estimate of drug-likeness (QED) is 0.00393. The van der Waals surface area contributed by atoms with Crippen LogP contribution in [0.3, 0.4) is 0 Å². The summed E-state index contributed by atoms with van der Waals surface area (Å²) in [5.74, 6) is -1.58. The molecule has 0 saturated carbocycles. The molecule has 8 aromatic carbocycles. The lowest BCUT2D eigenvalue weighted by Crippen LogP contribution is -2.02. The molecule has 16 N–H and O–H groups in total. The molecule has 0 spiro atoms. The Hall–Kier alpha value is -8.81. The molecule has 0 atom stereocenters. The Labute approximate surface area is 549 Å². The van der Waals surface area contributed by atoms with Gasteiger partial charge in [-0.1, -0.05) is 22.2 Å². The van der Waals surface area contributed by atoms with Crippen LogP contribution in [0.5, 0.6) is 11.5 Å². The summed E-state index contributed by atoms with van der Waals surface area (Å²) in [6.07, 6.45) is 3.75. The van der Waals surface area contributed by atoms with E-state index in [1.54, 1.807) is 0 Å². The van der Waals surface area contributed by atoms with Gasteiger partial charge >= 0.3 is 20.8 Å². The molecule has 0 fully saturated rings. The van der Waals surface area contributed by atoms with Crippen molar-refractivity contribution < 1.29 is 129 Å². The molecule has 0 aliphatic rings.